The first-order valence-electron chi connectivity index (χ1n) is 19.5. The molecule has 4 aliphatic rings. The second-order valence-electron chi connectivity index (χ2n) is 15.9. The number of unbranched alkanes of at least 4 members (excludes halogenated alkanes) is 1. The topological polar surface area (TPSA) is 136 Å². The van der Waals surface area contributed by atoms with E-state index in [1.54, 1.807) is 18.2 Å². The minimum Gasteiger partial charge on any atom is -0.508 e. The monoisotopic (exact) mass is 707 g/mol. The van der Waals surface area contributed by atoms with E-state index in [2.05, 4.69) is 17.2 Å². The lowest BCUT2D eigenvalue weighted by atomic mass is 9.74. The molecule has 1 saturated carbocycles. The van der Waals surface area contributed by atoms with Crippen molar-refractivity contribution >= 4 is 22.3 Å². The zero-order valence-electron chi connectivity index (χ0n) is 30.3. The first-order chi connectivity index (χ1) is 25.2. The van der Waals surface area contributed by atoms with Crippen LogP contribution in [0.15, 0.2) is 42.5 Å². The van der Waals surface area contributed by atoms with Crippen LogP contribution in [0.1, 0.15) is 111 Å². The Morgan fingerprint density at radius 3 is 2.63 bits per heavy atom. The number of carbonyl (C=O) groups excluding carboxylic acids is 2. The maximum Gasteiger partial charge on any atom is 0.160 e. The van der Waals surface area contributed by atoms with Gasteiger partial charge >= 0.3 is 0 Å². The van der Waals surface area contributed by atoms with Gasteiger partial charge in [-0.05, 0) is 139 Å². The molecule has 1 aliphatic heterocycles. The van der Waals surface area contributed by atoms with Crippen LogP contribution in [0.2, 0.25) is 0 Å². The van der Waals surface area contributed by atoms with Crippen LogP contribution in [-0.2, 0) is 22.4 Å². The van der Waals surface area contributed by atoms with E-state index in [4.69, 9.17) is 4.74 Å². The Bertz CT molecular complexity index is 1860. The molecular formula is C44H53NO7. The molecule has 8 nitrogen and oxygen atoms in total. The molecule has 3 aliphatic carbocycles. The number of aliphatic hydroxyl groups excluding tert-OH is 2. The third-order valence-corrected chi connectivity index (χ3v) is 12.5. The number of nitrogens with one attached hydrogen (secondary N) is 1. The third kappa shape index (κ3) is 7.88. The number of ether oxygens (including phenoxy) is 1. The molecule has 1 saturated heterocycles. The van der Waals surface area contributed by atoms with E-state index in [1.807, 2.05) is 24.3 Å². The summed E-state index contributed by atoms with van der Waals surface area (Å²) in [5.41, 5.74) is 3.74. The maximum atomic E-state index is 13.7. The van der Waals surface area contributed by atoms with Crippen LogP contribution in [0.4, 0.5) is 0 Å². The Morgan fingerprint density at radius 2 is 1.79 bits per heavy atom. The summed E-state index contributed by atoms with van der Waals surface area (Å²) in [7, 11) is 1.51. The molecule has 8 atom stereocenters. The van der Waals surface area contributed by atoms with E-state index in [0.717, 1.165) is 90.9 Å². The fraction of sp³-hybridized carbons (Fsp3) is 0.545. The number of phenols is 2. The van der Waals surface area contributed by atoms with Gasteiger partial charge in [-0.3, -0.25) is 9.59 Å². The number of fused-ring (bicyclic) bond motifs is 5. The van der Waals surface area contributed by atoms with Crippen molar-refractivity contribution in [2.75, 3.05) is 13.7 Å². The maximum absolute atomic E-state index is 13.7. The molecule has 0 radical (unpaired) electrons. The van der Waals surface area contributed by atoms with Gasteiger partial charge in [0, 0.05) is 31.2 Å². The number of rotatable bonds is 8. The number of aromatic hydroxyl groups is 2. The summed E-state index contributed by atoms with van der Waals surface area (Å²) in [4.78, 5) is 25.6. The van der Waals surface area contributed by atoms with Gasteiger partial charge in [-0.2, -0.15) is 0 Å². The normalized spacial score (nSPS) is 28.4. The van der Waals surface area contributed by atoms with Crippen LogP contribution in [0.5, 0.6) is 17.2 Å². The summed E-state index contributed by atoms with van der Waals surface area (Å²) in [6.07, 6.45) is 8.80. The third-order valence-electron chi connectivity index (χ3n) is 12.5. The predicted octanol–water partition coefficient (Wildman–Crippen LogP) is 6.82. The number of ketones is 2. The van der Waals surface area contributed by atoms with Crippen LogP contribution >= 0.6 is 0 Å². The van der Waals surface area contributed by atoms with Crippen molar-refractivity contribution in [3.63, 3.8) is 0 Å². The molecule has 1 heterocycles. The van der Waals surface area contributed by atoms with E-state index in [-0.39, 0.29) is 35.5 Å². The van der Waals surface area contributed by atoms with Gasteiger partial charge in [-0.1, -0.05) is 42.9 Å². The Kier molecular flexibility index (Phi) is 11.2. The van der Waals surface area contributed by atoms with Crippen LogP contribution < -0.4 is 10.1 Å². The SMILES string of the molecule is COc1cc2c(cc1O)[C@@H]([C@H]1CCCc3c(ccc4cc(O)ccc34)[C@@H](O)C1)C#C[C@H]([C@H](O)CCCC[C@@H]1CN[C@@H]3CC(=O)CC[C@@H]3C1)C(=O)CC2. The molecule has 0 amide bonds. The van der Waals surface area contributed by atoms with Gasteiger partial charge in [0.1, 0.15) is 17.5 Å². The first-order valence-corrected chi connectivity index (χ1v) is 19.5. The fourth-order valence-corrected chi connectivity index (χ4v) is 9.68. The lowest BCUT2D eigenvalue weighted by Gasteiger charge is -2.39. The Labute approximate surface area is 307 Å². The summed E-state index contributed by atoms with van der Waals surface area (Å²) in [5.74, 6) is 7.54. The summed E-state index contributed by atoms with van der Waals surface area (Å²) in [5, 5.41) is 49.8. The molecule has 0 spiro atoms. The largest absolute Gasteiger partial charge is 0.508 e. The number of aliphatic hydroxyl groups is 2. The summed E-state index contributed by atoms with van der Waals surface area (Å²) >= 11 is 0. The van der Waals surface area contributed by atoms with Crippen molar-refractivity contribution in [2.24, 2.45) is 23.7 Å². The van der Waals surface area contributed by atoms with Crippen LogP contribution in [0, 0.1) is 35.5 Å². The molecule has 8 heteroatoms. The van der Waals surface area contributed by atoms with Gasteiger partial charge in [0.25, 0.3) is 0 Å². The van der Waals surface area contributed by atoms with E-state index >= 15 is 0 Å². The standard InChI is InChI=1S/C44H53NO7/c1-52-44-22-29-11-18-41(49)37(40(48)8-3-2-5-26-19-30-9-12-32(47)23-39(30)45-25-26)17-16-34(38(29)24-43(44)51)27-6-4-7-35-33-15-13-31(46)20-28(33)10-14-36(35)42(50)21-27/h10,13-15,20,22,24,26-27,30,34,37,39-40,42,45-46,48,50-51H,2-9,11-12,18-19,21,23,25H2,1H3/t26-,27-,30+,34+,37+,39+,40+,42-/m0/s1. The molecule has 3 aromatic carbocycles. The number of hydrogen-bond acceptors (Lipinski definition) is 8. The van der Waals surface area contributed by atoms with Gasteiger partial charge in [-0.15, -0.1) is 0 Å². The highest BCUT2D eigenvalue weighted by Gasteiger charge is 2.35. The Morgan fingerprint density at radius 1 is 0.923 bits per heavy atom. The number of hydrogen-bond donors (Lipinski definition) is 5. The van der Waals surface area contributed by atoms with Crippen molar-refractivity contribution in [1.29, 1.82) is 0 Å². The predicted molar refractivity (Wildman–Crippen MR) is 200 cm³/mol. The molecule has 0 aromatic heterocycles. The van der Waals surface area contributed by atoms with Gasteiger partial charge in [0.15, 0.2) is 17.3 Å². The Hall–Kier alpha value is -3.90. The zero-order chi connectivity index (χ0) is 36.4. The highest BCUT2D eigenvalue weighted by Crippen LogP contribution is 2.44. The average molecular weight is 708 g/mol. The molecular weight excluding hydrogens is 654 g/mol. The number of methoxy groups -OCH3 is 1. The van der Waals surface area contributed by atoms with Gasteiger partial charge in [-0.25, -0.2) is 0 Å². The van der Waals surface area contributed by atoms with Crippen molar-refractivity contribution < 1.29 is 34.8 Å². The van der Waals surface area contributed by atoms with Crippen LogP contribution in [-0.4, -0.2) is 57.8 Å². The van der Waals surface area contributed by atoms with E-state index < -0.39 is 18.1 Å². The Balaban J connectivity index is 1.09. The van der Waals surface area contributed by atoms with Crippen molar-refractivity contribution in [3.05, 3.63) is 64.7 Å². The minimum atomic E-state index is -0.870. The smallest absolute Gasteiger partial charge is 0.160 e. The first kappa shape index (κ1) is 36.5. The molecule has 2 fully saturated rings. The number of piperidine rings is 1. The summed E-state index contributed by atoms with van der Waals surface area (Å²) in [6.45, 7) is 0.939. The molecule has 0 bridgehead atoms. The number of Topliss-reactive ketones (excluding diaryl/α,β-unsaturated/α-hetero) is 2. The van der Waals surface area contributed by atoms with Crippen LogP contribution in [0.25, 0.3) is 10.8 Å². The summed E-state index contributed by atoms with van der Waals surface area (Å²) < 4.78 is 5.46. The number of benzene rings is 3. The highest BCUT2D eigenvalue weighted by atomic mass is 16.5. The molecule has 7 rings (SSSR count). The molecule has 0 unspecified atom stereocenters. The number of phenolic OH excluding ortho intramolecular Hbond substituents is 2. The highest BCUT2D eigenvalue weighted by molar-refractivity contribution is 5.88. The molecule has 52 heavy (non-hydrogen) atoms. The van der Waals surface area contributed by atoms with E-state index in [0.29, 0.717) is 61.5 Å². The molecule has 5 N–H and O–H groups in total. The van der Waals surface area contributed by atoms with Gasteiger partial charge < -0.3 is 30.5 Å². The zero-order valence-corrected chi connectivity index (χ0v) is 30.3. The lowest BCUT2D eigenvalue weighted by molar-refractivity contribution is -0.124. The molecule has 276 valence electrons. The van der Waals surface area contributed by atoms with E-state index in [1.165, 1.54) is 7.11 Å². The van der Waals surface area contributed by atoms with Gasteiger partial charge in [0.05, 0.1) is 19.3 Å². The van der Waals surface area contributed by atoms with Gasteiger partial charge in [0.2, 0.25) is 0 Å². The lowest BCUT2D eigenvalue weighted by Crippen LogP contribution is -2.48. The summed E-state index contributed by atoms with van der Waals surface area (Å²) in [6, 6.07) is 13.2. The van der Waals surface area contributed by atoms with Crippen molar-refractivity contribution in [3.8, 4) is 29.1 Å². The van der Waals surface area contributed by atoms with Crippen LogP contribution in [0.3, 0.4) is 0 Å². The fourth-order valence-electron chi connectivity index (χ4n) is 9.68. The number of carbonyl (C=O) groups is 2. The average Bonchev–Trinajstić information content (AvgIpc) is 3.19. The second-order valence-corrected chi connectivity index (χ2v) is 15.9. The second kappa shape index (κ2) is 16.0. The molecule has 3 aromatic rings. The van der Waals surface area contributed by atoms with E-state index in [9.17, 15) is 30.0 Å². The van der Waals surface area contributed by atoms with Crippen molar-refractivity contribution in [1.82, 2.24) is 5.32 Å². The minimum absolute atomic E-state index is 0.0160. The van der Waals surface area contributed by atoms with Crippen molar-refractivity contribution in [2.45, 2.75) is 114 Å². The quantitative estimate of drug-likeness (QED) is 0.127. The number of aryl methyl sites for hydroxylation is 2.